The second-order valence-electron chi connectivity index (χ2n) is 5.66. The Bertz CT molecular complexity index is 541. The molecule has 0 heterocycles. The maximum absolute atomic E-state index is 12.4. The summed E-state index contributed by atoms with van der Waals surface area (Å²) in [5.41, 5.74) is 0.661. The number of carbonyl (C=O) groups is 2. The molecule has 2 amide bonds. The molecule has 0 aromatic heterocycles. The van der Waals surface area contributed by atoms with Crippen LogP contribution in [0.1, 0.15) is 46.1 Å². The Morgan fingerprint density at radius 3 is 2.17 bits per heavy atom. The summed E-state index contributed by atoms with van der Waals surface area (Å²) in [6.07, 6.45) is 0.833. The highest BCUT2D eigenvalue weighted by molar-refractivity contribution is 6.36. The van der Waals surface area contributed by atoms with Crippen molar-refractivity contribution in [2.75, 3.05) is 0 Å². The molecule has 0 bridgehead atoms. The van der Waals surface area contributed by atoms with Gasteiger partial charge in [0.1, 0.15) is 6.04 Å². The number of hydrogen-bond acceptors (Lipinski definition) is 2. The van der Waals surface area contributed by atoms with Crippen molar-refractivity contribution >= 4 is 35.0 Å². The summed E-state index contributed by atoms with van der Waals surface area (Å²) in [6, 6.07) is 4.68. The number of carbonyl (C=O) groups excluding carboxylic acids is 2. The maximum atomic E-state index is 12.4. The molecular weight excluding hydrogens is 335 g/mol. The fraction of sp³-hybridized carbons (Fsp3) is 0.529. The van der Waals surface area contributed by atoms with Crippen molar-refractivity contribution in [2.24, 2.45) is 0 Å². The van der Waals surface area contributed by atoms with E-state index in [9.17, 15) is 9.59 Å². The standard InChI is InChI=1S/C17H24Cl2N2O2/c1-5-15(17(23)20-11(3)4)21(16(22)6-2)10-12-13(18)8-7-9-14(12)19/h7-9,11,15H,5-6,10H2,1-4H3,(H,20,23). The molecule has 1 unspecified atom stereocenters. The van der Waals surface area contributed by atoms with Gasteiger partial charge in [-0.05, 0) is 32.4 Å². The second-order valence-corrected chi connectivity index (χ2v) is 6.48. The lowest BCUT2D eigenvalue weighted by Crippen LogP contribution is -2.50. The van der Waals surface area contributed by atoms with Crippen molar-refractivity contribution in [2.45, 2.75) is 59.2 Å². The lowest BCUT2D eigenvalue weighted by Gasteiger charge is -2.31. The summed E-state index contributed by atoms with van der Waals surface area (Å²) in [5, 5.41) is 3.85. The molecule has 23 heavy (non-hydrogen) atoms. The monoisotopic (exact) mass is 358 g/mol. The summed E-state index contributed by atoms with van der Waals surface area (Å²) in [7, 11) is 0. The van der Waals surface area contributed by atoms with Gasteiger partial charge in [0.25, 0.3) is 0 Å². The molecule has 0 aliphatic heterocycles. The third kappa shape index (κ3) is 5.40. The van der Waals surface area contributed by atoms with Crippen molar-refractivity contribution < 1.29 is 9.59 Å². The van der Waals surface area contributed by atoms with Gasteiger partial charge in [-0.3, -0.25) is 9.59 Å². The van der Waals surface area contributed by atoms with E-state index in [2.05, 4.69) is 5.32 Å². The van der Waals surface area contributed by atoms with E-state index in [4.69, 9.17) is 23.2 Å². The van der Waals surface area contributed by atoms with Gasteiger partial charge in [0.2, 0.25) is 11.8 Å². The summed E-state index contributed by atoms with van der Waals surface area (Å²) >= 11 is 12.4. The highest BCUT2D eigenvalue weighted by atomic mass is 35.5. The topological polar surface area (TPSA) is 49.4 Å². The van der Waals surface area contributed by atoms with E-state index in [1.54, 1.807) is 30.0 Å². The zero-order chi connectivity index (χ0) is 17.6. The van der Waals surface area contributed by atoms with E-state index < -0.39 is 6.04 Å². The molecule has 6 heteroatoms. The minimum atomic E-state index is -0.544. The number of amides is 2. The Kier molecular flexibility index (Phi) is 7.86. The molecule has 0 saturated carbocycles. The van der Waals surface area contributed by atoms with E-state index >= 15 is 0 Å². The first-order chi connectivity index (χ1) is 10.8. The quantitative estimate of drug-likeness (QED) is 0.799. The average molecular weight is 359 g/mol. The van der Waals surface area contributed by atoms with Gasteiger partial charge in [-0.2, -0.15) is 0 Å². The molecule has 0 fully saturated rings. The molecule has 0 aliphatic carbocycles. The number of halogens is 2. The Labute approximate surface area is 148 Å². The van der Waals surface area contributed by atoms with Crippen LogP contribution in [0.5, 0.6) is 0 Å². The van der Waals surface area contributed by atoms with Gasteiger partial charge in [0, 0.05) is 34.6 Å². The third-order valence-corrected chi connectivity index (χ3v) is 4.22. The highest BCUT2D eigenvalue weighted by Gasteiger charge is 2.29. The fourth-order valence-electron chi connectivity index (χ4n) is 2.36. The molecule has 1 rings (SSSR count). The summed E-state index contributed by atoms with van der Waals surface area (Å²) < 4.78 is 0. The van der Waals surface area contributed by atoms with Crippen LogP contribution in [0.2, 0.25) is 10.0 Å². The molecule has 0 saturated heterocycles. The molecule has 0 aliphatic rings. The zero-order valence-corrected chi connectivity index (χ0v) is 15.5. The van der Waals surface area contributed by atoms with Gasteiger partial charge in [-0.15, -0.1) is 0 Å². The van der Waals surface area contributed by atoms with E-state index in [-0.39, 0.29) is 24.4 Å². The van der Waals surface area contributed by atoms with Gasteiger partial charge < -0.3 is 10.2 Å². The summed E-state index contributed by atoms with van der Waals surface area (Å²) in [5.74, 6) is -0.265. The van der Waals surface area contributed by atoms with Crippen LogP contribution in [0.15, 0.2) is 18.2 Å². The number of benzene rings is 1. The molecule has 4 nitrogen and oxygen atoms in total. The predicted octanol–water partition coefficient (Wildman–Crippen LogP) is 4.04. The first-order valence-corrected chi connectivity index (χ1v) is 8.60. The van der Waals surface area contributed by atoms with Crippen molar-refractivity contribution in [3.05, 3.63) is 33.8 Å². The van der Waals surface area contributed by atoms with Gasteiger partial charge in [0.05, 0.1) is 0 Å². The Hall–Kier alpha value is -1.26. The van der Waals surface area contributed by atoms with Crippen LogP contribution in [-0.4, -0.2) is 28.8 Å². The molecule has 1 aromatic carbocycles. The molecule has 1 N–H and O–H groups in total. The minimum Gasteiger partial charge on any atom is -0.352 e. The lowest BCUT2D eigenvalue weighted by atomic mass is 10.1. The number of nitrogens with one attached hydrogen (secondary N) is 1. The Morgan fingerprint density at radius 2 is 1.74 bits per heavy atom. The molecule has 1 aromatic rings. The average Bonchev–Trinajstić information content (AvgIpc) is 2.48. The SMILES string of the molecule is CCC(=O)N(Cc1c(Cl)cccc1Cl)C(CC)C(=O)NC(C)C. The van der Waals surface area contributed by atoms with Crippen molar-refractivity contribution in [3.63, 3.8) is 0 Å². The first-order valence-electron chi connectivity index (χ1n) is 7.84. The highest BCUT2D eigenvalue weighted by Crippen LogP contribution is 2.27. The number of hydrogen-bond donors (Lipinski definition) is 1. The van der Waals surface area contributed by atoms with Crippen LogP contribution < -0.4 is 5.32 Å². The van der Waals surface area contributed by atoms with E-state index in [1.165, 1.54) is 0 Å². The van der Waals surface area contributed by atoms with Crippen molar-refractivity contribution in [3.8, 4) is 0 Å². The normalized spacial score (nSPS) is 12.1. The third-order valence-electron chi connectivity index (χ3n) is 3.51. The van der Waals surface area contributed by atoms with Gasteiger partial charge >= 0.3 is 0 Å². The Morgan fingerprint density at radius 1 is 1.17 bits per heavy atom. The van der Waals surface area contributed by atoms with Crippen LogP contribution in [0.25, 0.3) is 0 Å². The van der Waals surface area contributed by atoms with Gasteiger partial charge in [-0.25, -0.2) is 0 Å². The fourth-order valence-corrected chi connectivity index (χ4v) is 2.87. The van der Waals surface area contributed by atoms with E-state index in [0.717, 1.165) is 0 Å². The summed E-state index contributed by atoms with van der Waals surface area (Å²) in [4.78, 5) is 26.4. The number of nitrogens with zero attached hydrogens (tertiary/aromatic N) is 1. The van der Waals surface area contributed by atoms with Crippen LogP contribution in [0.3, 0.4) is 0 Å². The molecule has 0 radical (unpaired) electrons. The zero-order valence-electron chi connectivity index (χ0n) is 14.0. The van der Waals surface area contributed by atoms with Crippen molar-refractivity contribution in [1.29, 1.82) is 0 Å². The smallest absolute Gasteiger partial charge is 0.243 e. The predicted molar refractivity (Wildman–Crippen MR) is 94.7 cm³/mol. The largest absolute Gasteiger partial charge is 0.352 e. The lowest BCUT2D eigenvalue weighted by molar-refractivity contribution is -0.141. The maximum Gasteiger partial charge on any atom is 0.243 e. The van der Waals surface area contributed by atoms with Crippen LogP contribution >= 0.6 is 23.2 Å². The van der Waals surface area contributed by atoms with Gasteiger partial charge in [0.15, 0.2) is 0 Å². The van der Waals surface area contributed by atoms with E-state index in [0.29, 0.717) is 28.5 Å². The van der Waals surface area contributed by atoms with Gasteiger partial charge in [-0.1, -0.05) is 43.1 Å². The number of rotatable bonds is 7. The van der Waals surface area contributed by atoms with Crippen LogP contribution in [0, 0.1) is 0 Å². The van der Waals surface area contributed by atoms with Crippen molar-refractivity contribution in [1.82, 2.24) is 10.2 Å². The van der Waals surface area contributed by atoms with Crippen LogP contribution in [-0.2, 0) is 16.1 Å². The summed E-state index contributed by atoms with van der Waals surface area (Å²) in [6.45, 7) is 7.66. The molecule has 128 valence electrons. The first kappa shape index (κ1) is 19.8. The minimum absolute atomic E-state index is 0.0130. The Balaban J connectivity index is 3.13. The molecule has 0 spiro atoms. The molecule has 1 atom stereocenters. The van der Waals surface area contributed by atoms with E-state index in [1.807, 2.05) is 20.8 Å². The van der Waals surface area contributed by atoms with Crippen LogP contribution in [0.4, 0.5) is 0 Å². The molecular formula is C17H24Cl2N2O2. The second kappa shape index (κ2) is 9.14.